The standard InChI is InChI=1S/C10H10Cl2F3N.ClH/c11-6-1-2-7(8(12)5-6)9(16)3-4-10(13,14)15;/h1-2,5,9H,3-4,16H2;1H/t9-;/m1./s1. The molecular formula is C10H11Cl3F3N. The number of halogens is 6. The SMILES string of the molecule is Cl.N[C@H](CCC(F)(F)F)c1ccc(Cl)cc1Cl. The van der Waals surface area contributed by atoms with Crippen molar-refractivity contribution in [2.45, 2.75) is 25.1 Å². The fourth-order valence-electron chi connectivity index (χ4n) is 1.28. The van der Waals surface area contributed by atoms with Crippen LogP contribution in [0, 0.1) is 0 Å². The Bertz CT molecular complexity index is 368. The van der Waals surface area contributed by atoms with Gasteiger partial charge < -0.3 is 5.73 Å². The number of rotatable bonds is 3. The molecule has 2 N–H and O–H groups in total. The van der Waals surface area contributed by atoms with Gasteiger partial charge >= 0.3 is 6.18 Å². The zero-order valence-electron chi connectivity index (χ0n) is 8.60. The van der Waals surface area contributed by atoms with Crippen LogP contribution in [0.15, 0.2) is 18.2 Å². The summed E-state index contributed by atoms with van der Waals surface area (Å²) in [7, 11) is 0. The molecule has 1 nitrogen and oxygen atoms in total. The van der Waals surface area contributed by atoms with Crippen molar-refractivity contribution in [1.82, 2.24) is 0 Å². The quantitative estimate of drug-likeness (QED) is 0.856. The number of hydrogen-bond acceptors (Lipinski definition) is 1. The molecule has 1 aromatic rings. The van der Waals surface area contributed by atoms with Gasteiger partial charge in [0.15, 0.2) is 0 Å². The van der Waals surface area contributed by atoms with E-state index in [4.69, 9.17) is 28.9 Å². The largest absolute Gasteiger partial charge is 0.389 e. The second-order valence-corrected chi connectivity index (χ2v) is 4.27. The van der Waals surface area contributed by atoms with E-state index in [0.717, 1.165) is 0 Å². The fourth-order valence-corrected chi connectivity index (χ4v) is 1.83. The van der Waals surface area contributed by atoms with Crippen molar-refractivity contribution >= 4 is 35.6 Å². The predicted octanol–water partition coefficient (Wildman–Crippen LogP) is 4.76. The van der Waals surface area contributed by atoms with Crippen LogP contribution in [0.2, 0.25) is 10.0 Å². The zero-order chi connectivity index (χ0) is 12.3. The number of benzene rings is 1. The van der Waals surface area contributed by atoms with Crippen LogP contribution < -0.4 is 5.73 Å². The molecule has 17 heavy (non-hydrogen) atoms. The molecule has 0 aliphatic heterocycles. The maximum Gasteiger partial charge on any atom is 0.389 e. The van der Waals surface area contributed by atoms with Crippen molar-refractivity contribution in [2.24, 2.45) is 5.73 Å². The van der Waals surface area contributed by atoms with Gasteiger partial charge in [-0.05, 0) is 24.1 Å². The minimum Gasteiger partial charge on any atom is -0.324 e. The van der Waals surface area contributed by atoms with E-state index in [2.05, 4.69) is 0 Å². The third-order valence-electron chi connectivity index (χ3n) is 2.10. The smallest absolute Gasteiger partial charge is 0.324 e. The number of alkyl halides is 3. The van der Waals surface area contributed by atoms with Crippen molar-refractivity contribution in [2.75, 3.05) is 0 Å². The molecule has 0 bridgehead atoms. The van der Waals surface area contributed by atoms with Crippen molar-refractivity contribution < 1.29 is 13.2 Å². The van der Waals surface area contributed by atoms with Crippen molar-refractivity contribution in [1.29, 1.82) is 0 Å². The Hall–Kier alpha value is -0.160. The summed E-state index contributed by atoms with van der Waals surface area (Å²) in [5, 5.41) is 0.721. The van der Waals surface area contributed by atoms with E-state index in [1.165, 1.54) is 6.07 Å². The molecule has 0 fully saturated rings. The summed E-state index contributed by atoms with van der Waals surface area (Å²) in [4.78, 5) is 0. The number of nitrogens with two attached hydrogens (primary N) is 1. The maximum absolute atomic E-state index is 12.0. The summed E-state index contributed by atoms with van der Waals surface area (Å²) >= 11 is 11.5. The molecule has 0 amide bonds. The summed E-state index contributed by atoms with van der Waals surface area (Å²) in [5.74, 6) is 0. The molecule has 1 atom stereocenters. The molecule has 0 saturated heterocycles. The molecule has 0 radical (unpaired) electrons. The molecular weight excluding hydrogens is 297 g/mol. The fraction of sp³-hybridized carbons (Fsp3) is 0.400. The van der Waals surface area contributed by atoms with Crippen LogP contribution in [-0.2, 0) is 0 Å². The van der Waals surface area contributed by atoms with Gasteiger partial charge in [0.1, 0.15) is 0 Å². The van der Waals surface area contributed by atoms with Gasteiger partial charge in [-0.25, -0.2) is 0 Å². The van der Waals surface area contributed by atoms with Gasteiger partial charge in [-0.1, -0.05) is 29.3 Å². The van der Waals surface area contributed by atoms with Gasteiger partial charge in [-0.2, -0.15) is 13.2 Å². The third kappa shape index (κ3) is 5.82. The van der Waals surface area contributed by atoms with Crippen LogP contribution in [0.3, 0.4) is 0 Å². The van der Waals surface area contributed by atoms with Gasteiger partial charge in [0.25, 0.3) is 0 Å². The van der Waals surface area contributed by atoms with E-state index >= 15 is 0 Å². The molecule has 0 aliphatic carbocycles. The Morgan fingerprint density at radius 3 is 2.29 bits per heavy atom. The summed E-state index contributed by atoms with van der Waals surface area (Å²) in [5.41, 5.74) is 6.11. The lowest BCUT2D eigenvalue weighted by Gasteiger charge is -2.15. The first-order valence-corrected chi connectivity index (χ1v) is 5.32. The van der Waals surface area contributed by atoms with Crippen LogP contribution in [0.1, 0.15) is 24.4 Å². The highest BCUT2D eigenvalue weighted by molar-refractivity contribution is 6.35. The van der Waals surface area contributed by atoms with Gasteiger partial charge in [-0.15, -0.1) is 12.4 Å². The molecule has 0 heterocycles. The minimum atomic E-state index is -4.20. The van der Waals surface area contributed by atoms with Crippen molar-refractivity contribution in [3.63, 3.8) is 0 Å². The van der Waals surface area contributed by atoms with E-state index in [0.29, 0.717) is 15.6 Å². The highest BCUT2D eigenvalue weighted by atomic mass is 35.5. The molecule has 1 aromatic carbocycles. The number of hydrogen-bond donors (Lipinski definition) is 1. The zero-order valence-corrected chi connectivity index (χ0v) is 10.9. The summed E-state index contributed by atoms with van der Waals surface area (Å²) in [6.45, 7) is 0. The first-order chi connectivity index (χ1) is 7.29. The summed E-state index contributed by atoms with van der Waals surface area (Å²) in [6, 6.07) is 3.83. The van der Waals surface area contributed by atoms with Gasteiger partial charge in [0.2, 0.25) is 0 Å². The Morgan fingerprint density at radius 2 is 1.82 bits per heavy atom. The normalized spacial score (nSPS) is 13.1. The Morgan fingerprint density at radius 1 is 1.24 bits per heavy atom. The van der Waals surface area contributed by atoms with Crippen molar-refractivity contribution in [3.05, 3.63) is 33.8 Å². The molecule has 0 aromatic heterocycles. The summed E-state index contributed by atoms with van der Waals surface area (Å²) in [6.07, 6.45) is -5.31. The first kappa shape index (κ1) is 16.8. The molecule has 1 rings (SSSR count). The lowest BCUT2D eigenvalue weighted by molar-refractivity contribution is -0.136. The molecule has 0 saturated carbocycles. The molecule has 0 aliphatic rings. The monoisotopic (exact) mass is 307 g/mol. The Labute approximate surface area is 113 Å². The van der Waals surface area contributed by atoms with E-state index in [1.807, 2.05) is 0 Å². The van der Waals surface area contributed by atoms with E-state index in [-0.39, 0.29) is 18.8 Å². The molecule has 0 spiro atoms. The van der Waals surface area contributed by atoms with Gasteiger partial charge in [-0.3, -0.25) is 0 Å². The highest BCUT2D eigenvalue weighted by Crippen LogP contribution is 2.30. The van der Waals surface area contributed by atoms with Crippen molar-refractivity contribution in [3.8, 4) is 0 Å². The van der Waals surface area contributed by atoms with Crippen LogP contribution in [0.4, 0.5) is 13.2 Å². The highest BCUT2D eigenvalue weighted by Gasteiger charge is 2.28. The predicted molar refractivity (Wildman–Crippen MR) is 65.9 cm³/mol. The van der Waals surface area contributed by atoms with Crippen LogP contribution >= 0.6 is 35.6 Å². The second-order valence-electron chi connectivity index (χ2n) is 3.43. The van der Waals surface area contributed by atoms with Crippen LogP contribution in [0.25, 0.3) is 0 Å². The van der Waals surface area contributed by atoms with Gasteiger partial charge in [0.05, 0.1) is 0 Å². The average molecular weight is 309 g/mol. The minimum absolute atomic E-state index is 0. The van der Waals surface area contributed by atoms with E-state index < -0.39 is 18.6 Å². The Balaban J connectivity index is 0.00000256. The lowest BCUT2D eigenvalue weighted by Crippen LogP contribution is -2.16. The molecule has 98 valence electrons. The molecule has 0 unspecified atom stereocenters. The molecule has 7 heteroatoms. The van der Waals surface area contributed by atoms with E-state index in [9.17, 15) is 13.2 Å². The summed E-state index contributed by atoms with van der Waals surface area (Å²) < 4.78 is 36.0. The van der Waals surface area contributed by atoms with E-state index in [1.54, 1.807) is 12.1 Å². The van der Waals surface area contributed by atoms with Crippen LogP contribution in [-0.4, -0.2) is 6.18 Å². The average Bonchev–Trinajstić information content (AvgIpc) is 2.13. The van der Waals surface area contributed by atoms with Gasteiger partial charge in [0, 0.05) is 22.5 Å². The van der Waals surface area contributed by atoms with Crippen LogP contribution in [0.5, 0.6) is 0 Å². The maximum atomic E-state index is 12.0. The lowest BCUT2D eigenvalue weighted by atomic mass is 10.0. The third-order valence-corrected chi connectivity index (χ3v) is 2.66. The topological polar surface area (TPSA) is 26.0 Å². The Kier molecular flexibility index (Phi) is 6.62. The first-order valence-electron chi connectivity index (χ1n) is 4.57. The second kappa shape index (κ2) is 6.69.